The summed E-state index contributed by atoms with van der Waals surface area (Å²) >= 11 is 0. The Hall–Kier alpha value is -4.43. The van der Waals surface area contributed by atoms with Crippen LogP contribution in [0.25, 0.3) is 16.9 Å². The summed E-state index contributed by atoms with van der Waals surface area (Å²) in [5.74, 6) is 0.587. The van der Waals surface area contributed by atoms with Crippen LogP contribution in [-0.4, -0.2) is 59.2 Å². The SMILES string of the molecule is COc1ccc(-c2cn(-c3ccc(C)cc3)c(NC(=O)CN(CC3CCCO3)C(=O)c3ccc(C)cc3)n2)cc1. The van der Waals surface area contributed by atoms with Crippen LogP contribution in [0, 0.1) is 13.8 Å². The molecule has 0 radical (unpaired) electrons. The summed E-state index contributed by atoms with van der Waals surface area (Å²) in [6, 6.07) is 23.0. The number of carbonyl (C=O) groups excluding carboxylic acids is 2. The minimum Gasteiger partial charge on any atom is -0.497 e. The quantitative estimate of drug-likeness (QED) is 0.307. The number of nitrogens with zero attached hydrogens (tertiary/aromatic N) is 3. The Labute approximate surface area is 234 Å². The molecule has 1 fully saturated rings. The fourth-order valence-electron chi connectivity index (χ4n) is 4.74. The van der Waals surface area contributed by atoms with Crippen LogP contribution in [0.3, 0.4) is 0 Å². The number of hydrogen-bond acceptors (Lipinski definition) is 5. The average Bonchev–Trinajstić information content (AvgIpc) is 3.63. The highest BCUT2D eigenvalue weighted by atomic mass is 16.5. The number of rotatable bonds is 9. The van der Waals surface area contributed by atoms with Crippen LogP contribution in [0.2, 0.25) is 0 Å². The van der Waals surface area contributed by atoms with Crippen LogP contribution in [0.4, 0.5) is 5.95 Å². The molecule has 4 aromatic rings. The molecule has 0 spiro atoms. The zero-order chi connectivity index (χ0) is 28.1. The van der Waals surface area contributed by atoms with Gasteiger partial charge in [0.05, 0.1) is 18.9 Å². The van der Waals surface area contributed by atoms with E-state index in [9.17, 15) is 9.59 Å². The molecular weight excluding hydrogens is 504 g/mol. The van der Waals surface area contributed by atoms with Gasteiger partial charge in [-0.05, 0) is 75.2 Å². The molecule has 1 saturated heterocycles. The number of imidazole rings is 1. The first-order chi connectivity index (χ1) is 19.4. The highest BCUT2D eigenvalue weighted by molar-refractivity contribution is 5.99. The number of carbonyl (C=O) groups is 2. The molecule has 1 aromatic heterocycles. The molecular formula is C32H34N4O4. The van der Waals surface area contributed by atoms with Crippen LogP contribution < -0.4 is 10.1 Å². The van der Waals surface area contributed by atoms with Gasteiger partial charge in [-0.1, -0.05) is 35.4 Å². The van der Waals surface area contributed by atoms with Crippen LogP contribution >= 0.6 is 0 Å². The fraction of sp³-hybridized carbons (Fsp3) is 0.281. The zero-order valence-corrected chi connectivity index (χ0v) is 23.1. The number of ether oxygens (including phenoxy) is 2. The van der Waals surface area contributed by atoms with Crippen LogP contribution in [0.5, 0.6) is 5.75 Å². The Morgan fingerprint density at radius 2 is 1.68 bits per heavy atom. The van der Waals surface area contributed by atoms with Gasteiger partial charge in [-0.3, -0.25) is 19.5 Å². The fourth-order valence-corrected chi connectivity index (χ4v) is 4.74. The lowest BCUT2D eigenvalue weighted by atomic mass is 10.1. The summed E-state index contributed by atoms with van der Waals surface area (Å²) in [4.78, 5) is 33.2. The predicted molar refractivity (Wildman–Crippen MR) is 155 cm³/mol. The first kappa shape index (κ1) is 27.1. The first-order valence-corrected chi connectivity index (χ1v) is 13.5. The third kappa shape index (κ3) is 6.40. The van der Waals surface area contributed by atoms with Gasteiger partial charge in [0, 0.05) is 36.2 Å². The van der Waals surface area contributed by atoms with E-state index in [0.717, 1.165) is 41.0 Å². The Balaban J connectivity index is 1.41. The van der Waals surface area contributed by atoms with Gasteiger partial charge in [0.25, 0.3) is 5.91 Å². The van der Waals surface area contributed by atoms with Crippen molar-refractivity contribution < 1.29 is 19.1 Å². The standard InChI is InChI=1S/C32H34N4O4/c1-22-6-10-25(11-7-22)31(38)35(19-28-5-4-18-40-28)21-30(37)34-32-33-29(24-12-16-27(39-3)17-13-24)20-36(32)26-14-8-23(2)9-15-26/h6-17,20,28H,4-5,18-19,21H2,1-3H3,(H,33,34,37). The van der Waals surface area contributed by atoms with E-state index in [1.165, 1.54) is 0 Å². The largest absolute Gasteiger partial charge is 0.497 e. The molecule has 1 aliphatic rings. The lowest BCUT2D eigenvalue weighted by Gasteiger charge is -2.25. The molecule has 1 N–H and O–H groups in total. The Morgan fingerprint density at radius 1 is 1.00 bits per heavy atom. The van der Waals surface area contributed by atoms with Gasteiger partial charge >= 0.3 is 0 Å². The van der Waals surface area contributed by atoms with E-state index < -0.39 is 0 Å². The van der Waals surface area contributed by atoms with Crippen molar-refractivity contribution in [2.75, 3.05) is 32.1 Å². The molecule has 0 saturated carbocycles. The highest BCUT2D eigenvalue weighted by Crippen LogP contribution is 2.26. The molecule has 0 bridgehead atoms. The molecule has 2 heterocycles. The molecule has 1 aliphatic heterocycles. The van der Waals surface area contributed by atoms with Crippen LogP contribution in [0.1, 0.15) is 34.3 Å². The van der Waals surface area contributed by atoms with Crippen molar-refractivity contribution in [2.45, 2.75) is 32.8 Å². The van der Waals surface area contributed by atoms with Crippen molar-refractivity contribution in [2.24, 2.45) is 0 Å². The maximum absolute atomic E-state index is 13.5. The molecule has 5 rings (SSSR count). The van der Waals surface area contributed by atoms with Gasteiger partial charge in [0.1, 0.15) is 12.3 Å². The van der Waals surface area contributed by atoms with Gasteiger partial charge in [-0.25, -0.2) is 4.98 Å². The maximum atomic E-state index is 13.5. The summed E-state index contributed by atoms with van der Waals surface area (Å²) < 4.78 is 12.9. The second-order valence-electron chi connectivity index (χ2n) is 10.1. The number of anilines is 1. The molecule has 2 amide bonds. The molecule has 206 valence electrons. The molecule has 0 aliphatic carbocycles. The summed E-state index contributed by atoms with van der Waals surface area (Å²) in [6.07, 6.45) is 3.62. The van der Waals surface area contributed by atoms with Gasteiger partial charge in [0.2, 0.25) is 11.9 Å². The number of benzene rings is 3. The van der Waals surface area contributed by atoms with Crippen molar-refractivity contribution in [1.82, 2.24) is 14.5 Å². The Kier molecular flexibility index (Phi) is 8.26. The van der Waals surface area contributed by atoms with Crippen molar-refractivity contribution in [1.29, 1.82) is 0 Å². The second-order valence-corrected chi connectivity index (χ2v) is 10.1. The monoisotopic (exact) mass is 538 g/mol. The molecule has 8 heteroatoms. The zero-order valence-electron chi connectivity index (χ0n) is 23.1. The average molecular weight is 539 g/mol. The summed E-state index contributed by atoms with van der Waals surface area (Å²) in [7, 11) is 1.63. The number of aromatic nitrogens is 2. The van der Waals surface area contributed by atoms with Gasteiger partial charge in [-0.15, -0.1) is 0 Å². The molecule has 3 aromatic carbocycles. The van der Waals surface area contributed by atoms with E-state index in [4.69, 9.17) is 14.5 Å². The van der Waals surface area contributed by atoms with Gasteiger partial charge in [0.15, 0.2) is 0 Å². The Bertz CT molecular complexity index is 1450. The van der Waals surface area contributed by atoms with E-state index in [1.807, 2.05) is 85.3 Å². The van der Waals surface area contributed by atoms with Crippen molar-refractivity contribution in [3.63, 3.8) is 0 Å². The smallest absolute Gasteiger partial charge is 0.254 e. The number of hydrogen-bond donors (Lipinski definition) is 1. The van der Waals surface area contributed by atoms with Crippen LogP contribution in [0.15, 0.2) is 79.0 Å². The predicted octanol–water partition coefficient (Wildman–Crippen LogP) is 5.42. The van der Waals surface area contributed by atoms with E-state index in [-0.39, 0.29) is 24.5 Å². The molecule has 40 heavy (non-hydrogen) atoms. The number of aryl methyl sites for hydroxylation is 2. The minimum absolute atomic E-state index is 0.0848. The summed E-state index contributed by atoms with van der Waals surface area (Å²) in [6.45, 7) is 4.90. The second kappa shape index (κ2) is 12.2. The van der Waals surface area contributed by atoms with Gasteiger partial charge in [-0.2, -0.15) is 0 Å². The third-order valence-corrected chi connectivity index (χ3v) is 7.02. The van der Waals surface area contributed by atoms with E-state index in [0.29, 0.717) is 30.4 Å². The van der Waals surface area contributed by atoms with E-state index >= 15 is 0 Å². The Morgan fingerprint density at radius 3 is 2.30 bits per heavy atom. The number of nitrogens with one attached hydrogen (secondary N) is 1. The first-order valence-electron chi connectivity index (χ1n) is 13.5. The third-order valence-electron chi connectivity index (χ3n) is 7.02. The lowest BCUT2D eigenvalue weighted by molar-refractivity contribution is -0.117. The van der Waals surface area contributed by atoms with E-state index in [1.54, 1.807) is 24.1 Å². The lowest BCUT2D eigenvalue weighted by Crippen LogP contribution is -2.42. The van der Waals surface area contributed by atoms with Crippen molar-refractivity contribution >= 4 is 17.8 Å². The topological polar surface area (TPSA) is 85.7 Å². The molecule has 1 atom stereocenters. The van der Waals surface area contributed by atoms with E-state index in [2.05, 4.69) is 5.32 Å². The van der Waals surface area contributed by atoms with Crippen molar-refractivity contribution in [3.8, 4) is 22.7 Å². The maximum Gasteiger partial charge on any atom is 0.254 e. The van der Waals surface area contributed by atoms with Crippen LogP contribution in [-0.2, 0) is 9.53 Å². The van der Waals surface area contributed by atoms with Gasteiger partial charge < -0.3 is 14.4 Å². The summed E-state index contributed by atoms with van der Waals surface area (Å²) in [5, 5.41) is 2.96. The normalized spacial score (nSPS) is 14.6. The highest BCUT2D eigenvalue weighted by Gasteiger charge is 2.26. The summed E-state index contributed by atoms with van der Waals surface area (Å²) in [5.41, 5.74) is 5.18. The number of methoxy groups -OCH3 is 1. The molecule has 8 nitrogen and oxygen atoms in total. The van der Waals surface area contributed by atoms with Crippen molar-refractivity contribution in [3.05, 3.63) is 95.7 Å². The number of amides is 2. The minimum atomic E-state index is -0.335. The molecule has 1 unspecified atom stereocenters.